The van der Waals surface area contributed by atoms with E-state index in [1.165, 1.54) is 4.88 Å². The van der Waals surface area contributed by atoms with Crippen LogP contribution in [0.3, 0.4) is 0 Å². The quantitative estimate of drug-likeness (QED) is 0.745. The molecule has 3 heterocycles. The highest BCUT2D eigenvalue weighted by Gasteiger charge is 2.52. The predicted octanol–water partition coefficient (Wildman–Crippen LogP) is 3.49. The van der Waals surface area contributed by atoms with Gasteiger partial charge < -0.3 is 9.47 Å². The number of aryl methyl sites for hydroxylation is 2. The van der Waals surface area contributed by atoms with Crippen molar-refractivity contribution >= 4 is 28.5 Å². The van der Waals surface area contributed by atoms with E-state index >= 15 is 0 Å². The molecule has 1 saturated heterocycles. The molecule has 2 aliphatic rings. The Hall–Kier alpha value is -1.01. The third-order valence-electron chi connectivity index (χ3n) is 3.51. The highest BCUT2D eigenvalue weighted by atomic mass is 32.1. The molecule has 0 unspecified atom stereocenters. The summed E-state index contributed by atoms with van der Waals surface area (Å²) < 4.78 is 11.5. The van der Waals surface area contributed by atoms with E-state index in [0.29, 0.717) is 13.2 Å². The summed E-state index contributed by atoms with van der Waals surface area (Å²) in [6, 6.07) is 3.98. The van der Waals surface area contributed by atoms with Gasteiger partial charge in [-0.2, -0.15) is 0 Å². The van der Waals surface area contributed by atoms with Crippen LogP contribution in [-0.2, 0) is 15.3 Å². The van der Waals surface area contributed by atoms with Gasteiger partial charge in [-0.1, -0.05) is 0 Å². The number of hydrogen-bond donors (Lipinski definition) is 0. The highest BCUT2D eigenvalue weighted by molar-refractivity contribution is 7.22. The maximum absolute atomic E-state index is 12.8. The van der Waals surface area contributed by atoms with Crippen LogP contribution in [0.4, 0.5) is 0 Å². The van der Waals surface area contributed by atoms with E-state index in [2.05, 4.69) is 6.92 Å². The molecule has 19 heavy (non-hydrogen) atoms. The molecule has 2 aromatic heterocycles. The van der Waals surface area contributed by atoms with Crippen molar-refractivity contribution in [2.45, 2.75) is 19.6 Å². The second kappa shape index (κ2) is 3.76. The molecule has 0 radical (unpaired) electrons. The van der Waals surface area contributed by atoms with Crippen LogP contribution in [0.15, 0.2) is 12.1 Å². The lowest BCUT2D eigenvalue weighted by atomic mass is 9.90. The van der Waals surface area contributed by atoms with Crippen LogP contribution in [0, 0.1) is 13.8 Å². The van der Waals surface area contributed by atoms with Crippen LogP contribution < -0.4 is 0 Å². The Bertz CT molecular complexity index is 690. The Balaban J connectivity index is 2.06. The second-order valence-corrected chi connectivity index (χ2v) is 7.35. The van der Waals surface area contributed by atoms with Gasteiger partial charge in [0, 0.05) is 20.9 Å². The van der Waals surface area contributed by atoms with Gasteiger partial charge in [-0.3, -0.25) is 4.79 Å². The fourth-order valence-corrected chi connectivity index (χ4v) is 5.00. The number of Topliss-reactive ketones (excluding diaryl/α,β-unsaturated/α-hetero) is 1. The Morgan fingerprint density at radius 2 is 1.68 bits per heavy atom. The monoisotopic (exact) mass is 292 g/mol. The van der Waals surface area contributed by atoms with Crippen molar-refractivity contribution in [1.29, 1.82) is 0 Å². The number of thiophene rings is 2. The van der Waals surface area contributed by atoms with E-state index in [9.17, 15) is 4.79 Å². The summed E-state index contributed by atoms with van der Waals surface area (Å²) >= 11 is 3.38. The van der Waals surface area contributed by atoms with Gasteiger partial charge in [-0.25, -0.2) is 0 Å². The number of hydrogen-bond acceptors (Lipinski definition) is 5. The minimum atomic E-state index is -1.18. The molecular weight excluding hydrogens is 280 g/mol. The molecule has 98 valence electrons. The van der Waals surface area contributed by atoms with Gasteiger partial charge in [-0.05, 0) is 26.0 Å². The standard InChI is InChI=1S/C14H12O3S2/c1-7-5-9-11(18-7)12-10(6-8(2)19-12)14(13(9)15)16-3-4-17-14/h5-6H,3-4H2,1-2H3. The molecule has 4 rings (SSSR count). The van der Waals surface area contributed by atoms with Gasteiger partial charge in [0.2, 0.25) is 5.78 Å². The topological polar surface area (TPSA) is 35.5 Å². The molecule has 3 nitrogen and oxygen atoms in total. The van der Waals surface area contributed by atoms with E-state index in [4.69, 9.17) is 9.47 Å². The third-order valence-corrected chi connectivity index (χ3v) is 5.77. The molecular formula is C14H12O3S2. The average molecular weight is 292 g/mol. The van der Waals surface area contributed by atoms with Gasteiger partial charge in [0.1, 0.15) is 0 Å². The van der Waals surface area contributed by atoms with E-state index in [-0.39, 0.29) is 5.78 Å². The summed E-state index contributed by atoms with van der Waals surface area (Å²) in [7, 11) is 0. The van der Waals surface area contributed by atoms with E-state index in [1.54, 1.807) is 22.7 Å². The zero-order valence-corrected chi connectivity index (χ0v) is 12.2. The molecule has 0 N–H and O–H groups in total. The van der Waals surface area contributed by atoms with Crippen LogP contribution in [0.25, 0.3) is 9.75 Å². The molecule has 0 bridgehead atoms. The average Bonchev–Trinajstić information content (AvgIpc) is 3.04. The molecule has 0 aromatic carbocycles. The molecule has 0 saturated carbocycles. The SMILES string of the molecule is Cc1cc2c(s1)-c1sc(C)cc1C1(OCCO1)C2=O. The van der Waals surface area contributed by atoms with Gasteiger partial charge in [0.15, 0.2) is 0 Å². The van der Waals surface area contributed by atoms with Gasteiger partial charge in [0.05, 0.1) is 23.0 Å². The minimum absolute atomic E-state index is 0.0466. The number of rotatable bonds is 0. The summed E-state index contributed by atoms with van der Waals surface area (Å²) in [5.41, 5.74) is 1.64. The molecule has 1 fully saturated rings. The predicted molar refractivity (Wildman–Crippen MR) is 75.0 cm³/mol. The summed E-state index contributed by atoms with van der Waals surface area (Å²) in [4.78, 5) is 17.3. The zero-order valence-electron chi connectivity index (χ0n) is 10.6. The smallest absolute Gasteiger partial charge is 0.262 e. The molecule has 1 aliphatic carbocycles. The van der Waals surface area contributed by atoms with Crippen molar-refractivity contribution in [2.75, 3.05) is 13.2 Å². The normalized spacial score (nSPS) is 19.8. The van der Waals surface area contributed by atoms with Gasteiger partial charge in [0.25, 0.3) is 5.79 Å². The van der Waals surface area contributed by atoms with Crippen molar-refractivity contribution in [2.24, 2.45) is 0 Å². The summed E-state index contributed by atoms with van der Waals surface area (Å²) in [6.45, 7) is 5.02. The molecule has 1 aliphatic heterocycles. The third kappa shape index (κ3) is 1.41. The number of ketones is 1. The van der Waals surface area contributed by atoms with E-state index < -0.39 is 5.79 Å². The fraction of sp³-hybridized carbons (Fsp3) is 0.357. The maximum atomic E-state index is 12.8. The van der Waals surface area contributed by atoms with Crippen molar-refractivity contribution in [3.8, 4) is 9.75 Å². The van der Waals surface area contributed by atoms with Crippen LogP contribution in [0.1, 0.15) is 25.7 Å². The van der Waals surface area contributed by atoms with Crippen LogP contribution in [0.5, 0.6) is 0 Å². The maximum Gasteiger partial charge on any atom is 0.262 e. The van der Waals surface area contributed by atoms with Gasteiger partial charge >= 0.3 is 0 Å². The number of ether oxygens (including phenoxy) is 2. The Morgan fingerprint density at radius 1 is 1.05 bits per heavy atom. The first-order valence-electron chi connectivity index (χ1n) is 6.16. The molecule has 5 heteroatoms. The van der Waals surface area contributed by atoms with Gasteiger partial charge in [-0.15, -0.1) is 22.7 Å². The van der Waals surface area contributed by atoms with Crippen molar-refractivity contribution < 1.29 is 14.3 Å². The highest BCUT2D eigenvalue weighted by Crippen LogP contribution is 2.52. The minimum Gasteiger partial charge on any atom is -0.337 e. The second-order valence-electron chi connectivity index (χ2n) is 4.84. The van der Waals surface area contributed by atoms with E-state index in [0.717, 1.165) is 25.8 Å². The molecule has 2 aromatic rings. The summed E-state index contributed by atoms with van der Waals surface area (Å²) in [5, 5.41) is 0. The summed E-state index contributed by atoms with van der Waals surface area (Å²) in [6.07, 6.45) is 0. The van der Waals surface area contributed by atoms with Crippen LogP contribution in [-0.4, -0.2) is 19.0 Å². The Labute approximate surface area is 118 Å². The Kier molecular flexibility index (Phi) is 2.33. The number of fused-ring (bicyclic) bond motifs is 4. The lowest BCUT2D eigenvalue weighted by Crippen LogP contribution is -2.39. The van der Waals surface area contributed by atoms with Crippen LogP contribution >= 0.6 is 22.7 Å². The van der Waals surface area contributed by atoms with E-state index in [1.807, 2.05) is 19.1 Å². The largest absolute Gasteiger partial charge is 0.337 e. The Morgan fingerprint density at radius 3 is 2.42 bits per heavy atom. The fourth-order valence-electron chi connectivity index (χ4n) is 2.78. The van der Waals surface area contributed by atoms with Crippen LogP contribution in [0.2, 0.25) is 0 Å². The molecule has 0 atom stereocenters. The first-order chi connectivity index (χ1) is 9.12. The molecule has 1 spiro atoms. The van der Waals surface area contributed by atoms with Crippen molar-refractivity contribution in [3.63, 3.8) is 0 Å². The van der Waals surface area contributed by atoms with Crippen molar-refractivity contribution in [3.05, 3.63) is 33.0 Å². The summed E-state index contributed by atoms with van der Waals surface area (Å²) in [5.74, 6) is -1.23. The lowest BCUT2D eigenvalue weighted by Gasteiger charge is -2.29. The number of carbonyl (C=O) groups excluding carboxylic acids is 1. The zero-order chi connectivity index (χ0) is 13.2. The number of carbonyl (C=O) groups is 1. The molecule has 0 amide bonds. The first-order valence-corrected chi connectivity index (χ1v) is 7.79. The van der Waals surface area contributed by atoms with Crippen molar-refractivity contribution in [1.82, 2.24) is 0 Å². The lowest BCUT2D eigenvalue weighted by molar-refractivity contribution is -0.126. The first kappa shape index (κ1) is 11.8.